The second-order valence-electron chi connectivity index (χ2n) is 5.96. The number of para-hydroxylation sites is 1. The number of pyridine rings is 1. The molecule has 26 heavy (non-hydrogen) atoms. The minimum Gasteiger partial charge on any atom is -0.267 e. The lowest BCUT2D eigenvalue weighted by molar-refractivity contribution is 0.829. The predicted octanol–water partition coefficient (Wildman–Crippen LogP) is 3.65. The van der Waals surface area contributed by atoms with Crippen LogP contribution in [0.2, 0.25) is 0 Å². The van der Waals surface area contributed by atoms with Crippen LogP contribution in [-0.4, -0.2) is 20.9 Å². The summed E-state index contributed by atoms with van der Waals surface area (Å²) in [7, 11) is 0. The number of hydrogen-bond acceptors (Lipinski definition) is 4. The molecule has 0 N–H and O–H groups in total. The summed E-state index contributed by atoms with van der Waals surface area (Å²) in [5, 5.41) is 4.96. The lowest BCUT2D eigenvalue weighted by atomic mass is 10.2. The Labute approximate surface area is 150 Å². The fourth-order valence-electron chi connectivity index (χ4n) is 2.70. The lowest BCUT2D eigenvalue weighted by Crippen LogP contribution is -2.20. The van der Waals surface area contributed by atoms with Crippen molar-refractivity contribution < 1.29 is 0 Å². The Kier molecular flexibility index (Phi) is 4.11. The molecule has 126 valence electrons. The molecule has 0 aliphatic rings. The van der Waals surface area contributed by atoms with Crippen LogP contribution in [-0.2, 0) is 0 Å². The van der Waals surface area contributed by atoms with Gasteiger partial charge in [-0.05, 0) is 36.8 Å². The van der Waals surface area contributed by atoms with Gasteiger partial charge in [-0.25, -0.2) is 4.98 Å². The Morgan fingerprint density at radius 1 is 0.962 bits per heavy atom. The summed E-state index contributed by atoms with van der Waals surface area (Å²) in [6.07, 6.45) is 5.01. The van der Waals surface area contributed by atoms with E-state index in [1.165, 1.54) is 10.2 Å². The van der Waals surface area contributed by atoms with Gasteiger partial charge in [-0.15, -0.1) is 0 Å². The number of aryl methyl sites for hydroxylation is 1. The van der Waals surface area contributed by atoms with Crippen LogP contribution >= 0.6 is 0 Å². The summed E-state index contributed by atoms with van der Waals surface area (Å²) in [5.41, 5.74) is 3.31. The summed E-state index contributed by atoms with van der Waals surface area (Å²) in [6.45, 7) is 2.03. The number of fused-ring (bicyclic) bond motifs is 1. The topological polar surface area (TPSA) is 60.1 Å². The maximum atomic E-state index is 13.0. The fourth-order valence-corrected chi connectivity index (χ4v) is 2.70. The van der Waals surface area contributed by atoms with Gasteiger partial charge in [-0.1, -0.05) is 42.0 Å². The molecule has 2 heterocycles. The van der Waals surface area contributed by atoms with Crippen LogP contribution in [0.25, 0.3) is 22.3 Å². The first-order valence-corrected chi connectivity index (χ1v) is 8.25. The van der Waals surface area contributed by atoms with E-state index in [-0.39, 0.29) is 5.56 Å². The first-order valence-electron chi connectivity index (χ1n) is 8.25. The molecule has 0 saturated carbocycles. The third kappa shape index (κ3) is 3.02. The minimum absolute atomic E-state index is 0.203. The Hall–Kier alpha value is -3.60. The summed E-state index contributed by atoms with van der Waals surface area (Å²) in [5.74, 6) is 0.486. The quantitative estimate of drug-likeness (QED) is 0.535. The van der Waals surface area contributed by atoms with E-state index < -0.39 is 0 Å². The molecule has 5 heteroatoms. The van der Waals surface area contributed by atoms with Gasteiger partial charge in [0.05, 0.1) is 17.1 Å². The third-order valence-corrected chi connectivity index (χ3v) is 4.09. The molecule has 0 radical (unpaired) electrons. The SMILES string of the molecule is Cc1ccc(/C=N/n2c(-c3ccncc3)nc3ccccc3c2=O)cc1. The lowest BCUT2D eigenvalue weighted by Gasteiger charge is -2.09. The number of aromatic nitrogens is 3. The Bertz CT molecular complexity index is 1150. The molecule has 0 atom stereocenters. The van der Waals surface area contributed by atoms with E-state index >= 15 is 0 Å². The molecular weight excluding hydrogens is 324 g/mol. The maximum absolute atomic E-state index is 13.0. The van der Waals surface area contributed by atoms with Crippen molar-refractivity contribution in [3.05, 3.63) is 94.5 Å². The fraction of sp³-hybridized carbons (Fsp3) is 0.0476. The molecule has 0 spiro atoms. The van der Waals surface area contributed by atoms with Gasteiger partial charge < -0.3 is 0 Å². The zero-order valence-corrected chi connectivity index (χ0v) is 14.2. The summed E-state index contributed by atoms with van der Waals surface area (Å²) in [4.78, 5) is 21.7. The highest BCUT2D eigenvalue weighted by atomic mass is 16.1. The van der Waals surface area contributed by atoms with E-state index in [0.29, 0.717) is 16.7 Å². The Balaban J connectivity index is 1.92. The molecule has 4 aromatic rings. The molecule has 0 amide bonds. The van der Waals surface area contributed by atoms with E-state index in [0.717, 1.165) is 11.1 Å². The largest absolute Gasteiger partial charge is 0.282 e. The van der Waals surface area contributed by atoms with Gasteiger partial charge in [0.25, 0.3) is 5.56 Å². The van der Waals surface area contributed by atoms with Gasteiger partial charge >= 0.3 is 0 Å². The van der Waals surface area contributed by atoms with E-state index in [1.54, 1.807) is 24.7 Å². The third-order valence-electron chi connectivity index (χ3n) is 4.09. The van der Waals surface area contributed by atoms with Crippen LogP contribution in [0.4, 0.5) is 0 Å². The monoisotopic (exact) mass is 340 g/mol. The van der Waals surface area contributed by atoms with Crippen LogP contribution in [0.15, 0.2) is 83.0 Å². The molecule has 2 aromatic heterocycles. The molecule has 0 aliphatic heterocycles. The van der Waals surface area contributed by atoms with Crippen LogP contribution in [0.5, 0.6) is 0 Å². The van der Waals surface area contributed by atoms with Crippen LogP contribution in [0, 0.1) is 6.92 Å². The van der Waals surface area contributed by atoms with E-state index in [4.69, 9.17) is 0 Å². The Morgan fingerprint density at radius 2 is 1.69 bits per heavy atom. The van der Waals surface area contributed by atoms with E-state index in [9.17, 15) is 4.79 Å². The average molecular weight is 340 g/mol. The highest BCUT2D eigenvalue weighted by molar-refractivity contribution is 5.82. The first-order chi connectivity index (χ1) is 12.7. The molecule has 0 saturated heterocycles. The van der Waals surface area contributed by atoms with Crippen molar-refractivity contribution in [2.45, 2.75) is 6.92 Å². The molecule has 0 aliphatic carbocycles. The molecule has 4 rings (SSSR count). The Morgan fingerprint density at radius 3 is 2.46 bits per heavy atom. The highest BCUT2D eigenvalue weighted by Gasteiger charge is 2.11. The number of benzene rings is 2. The number of nitrogens with zero attached hydrogens (tertiary/aromatic N) is 4. The van der Waals surface area contributed by atoms with Gasteiger partial charge in [-0.2, -0.15) is 9.78 Å². The van der Waals surface area contributed by atoms with Crippen molar-refractivity contribution >= 4 is 17.1 Å². The van der Waals surface area contributed by atoms with Crippen molar-refractivity contribution in [2.75, 3.05) is 0 Å². The zero-order chi connectivity index (χ0) is 17.9. The van der Waals surface area contributed by atoms with Gasteiger partial charge in [0.15, 0.2) is 5.82 Å². The minimum atomic E-state index is -0.203. The second kappa shape index (κ2) is 6.72. The van der Waals surface area contributed by atoms with E-state index in [1.807, 2.05) is 61.5 Å². The average Bonchev–Trinajstić information content (AvgIpc) is 2.69. The van der Waals surface area contributed by atoms with Gasteiger partial charge in [0, 0.05) is 18.0 Å². The first kappa shape index (κ1) is 15.9. The summed E-state index contributed by atoms with van der Waals surface area (Å²) < 4.78 is 1.34. The van der Waals surface area contributed by atoms with Crippen molar-refractivity contribution in [1.29, 1.82) is 0 Å². The summed E-state index contributed by atoms with van der Waals surface area (Å²) in [6, 6.07) is 18.8. The van der Waals surface area contributed by atoms with Gasteiger partial charge in [0.2, 0.25) is 0 Å². The molecule has 0 bridgehead atoms. The van der Waals surface area contributed by atoms with E-state index in [2.05, 4.69) is 15.1 Å². The standard InChI is InChI=1S/C21H16N4O/c1-15-6-8-16(9-7-15)14-23-25-20(17-10-12-22-13-11-17)24-19-5-3-2-4-18(19)21(25)26/h2-14H,1H3/b23-14+. The summed E-state index contributed by atoms with van der Waals surface area (Å²) >= 11 is 0. The van der Waals surface area contributed by atoms with Crippen molar-refractivity contribution in [1.82, 2.24) is 14.6 Å². The molecule has 0 fully saturated rings. The molecule has 2 aromatic carbocycles. The smallest absolute Gasteiger partial charge is 0.267 e. The van der Waals surface area contributed by atoms with Crippen LogP contribution in [0.1, 0.15) is 11.1 Å². The zero-order valence-electron chi connectivity index (χ0n) is 14.2. The molecular formula is C21H16N4O. The number of rotatable bonds is 3. The second-order valence-corrected chi connectivity index (χ2v) is 5.96. The highest BCUT2D eigenvalue weighted by Crippen LogP contribution is 2.18. The van der Waals surface area contributed by atoms with Gasteiger partial charge in [-0.3, -0.25) is 9.78 Å². The maximum Gasteiger partial charge on any atom is 0.282 e. The predicted molar refractivity (Wildman–Crippen MR) is 103 cm³/mol. The van der Waals surface area contributed by atoms with Gasteiger partial charge in [0.1, 0.15) is 0 Å². The molecule has 5 nitrogen and oxygen atoms in total. The normalized spacial score (nSPS) is 11.3. The van der Waals surface area contributed by atoms with Crippen molar-refractivity contribution in [3.8, 4) is 11.4 Å². The van der Waals surface area contributed by atoms with Crippen molar-refractivity contribution in [3.63, 3.8) is 0 Å². The van der Waals surface area contributed by atoms with Crippen molar-refractivity contribution in [2.24, 2.45) is 5.10 Å². The van der Waals surface area contributed by atoms with Crippen LogP contribution < -0.4 is 5.56 Å². The molecule has 0 unspecified atom stereocenters. The van der Waals surface area contributed by atoms with Crippen LogP contribution in [0.3, 0.4) is 0 Å². The number of hydrogen-bond donors (Lipinski definition) is 0.